The molecule has 0 aromatic heterocycles. The fraction of sp³-hybridized carbons (Fsp3) is 0.692. The van der Waals surface area contributed by atoms with Gasteiger partial charge in [0.2, 0.25) is 0 Å². The van der Waals surface area contributed by atoms with Crippen molar-refractivity contribution in [2.75, 3.05) is 39.3 Å². The molecule has 0 bridgehead atoms. The third-order valence-corrected chi connectivity index (χ3v) is 2.99. The fourth-order valence-corrected chi connectivity index (χ4v) is 1.85. The van der Waals surface area contributed by atoms with E-state index < -0.39 is 12.1 Å². The largest absolute Gasteiger partial charge is 0.370 e. The number of carbonyl (C=O) groups excluding carboxylic acids is 3. The average Bonchev–Trinajstić information content (AvgIpc) is 2.57. The maximum atomic E-state index is 11.7. The molecule has 0 saturated heterocycles. The zero-order valence-corrected chi connectivity index (χ0v) is 14.7. The minimum absolute atomic E-state index is 0.00719. The van der Waals surface area contributed by atoms with Crippen LogP contribution in [0.2, 0.25) is 0 Å². The van der Waals surface area contributed by atoms with Crippen molar-refractivity contribution in [3.05, 3.63) is 0 Å². The molecular weight excluding hydrogens is 344 g/mol. The number of guanidine groups is 1. The smallest absolute Gasteiger partial charge is 0.314 e. The lowest BCUT2D eigenvalue weighted by molar-refractivity contribution is 0.233. The molecule has 1 atom stereocenters. The molecule has 0 aromatic carbocycles. The molecule has 0 aromatic rings. The normalized spacial score (nSPS) is 11.0. The summed E-state index contributed by atoms with van der Waals surface area (Å²) in [5.41, 5.74) is 20.8. The summed E-state index contributed by atoms with van der Waals surface area (Å²) in [7, 11) is 0. The summed E-state index contributed by atoms with van der Waals surface area (Å²) in [6.45, 7) is 1.80. The quantitative estimate of drug-likeness (QED) is 0.0961. The van der Waals surface area contributed by atoms with Crippen LogP contribution in [0, 0.1) is 0 Å². The molecule has 0 heterocycles. The van der Waals surface area contributed by atoms with E-state index in [0.717, 1.165) is 0 Å². The van der Waals surface area contributed by atoms with Crippen LogP contribution < -0.4 is 49.5 Å². The summed E-state index contributed by atoms with van der Waals surface area (Å²) in [6, 6.07) is -1.84. The molecule has 0 rings (SSSR count). The molecule has 13 N–H and O–H groups in total. The standard InChI is InChI=1S/C13H30N10O3/c14-3-5-19-12(25)20-6-7-21-13(26)22-8-9(23-11(17)24)2-1-4-18-10(15)16/h9H,1-8,14H2,(H4,15,16,18)(H3,17,23,24)(H2,19,20,25)(H2,21,22,26). The molecule has 0 aliphatic rings. The highest BCUT2D eigenvalue weighted by atomic mass is 16.2. The van der Waals surface area contributed by atoms with Crippen LogP contribution in [0.1, 0.15) is 12.8 Å². The second-order valence-corrected chi connectivity index (χ2v) is 5.26. The van der Waals surface area contributed by atoms with Gasteiger partial charge in [-0.25, -0.2) is 14.4 Å². The van der Waals surface area contributed by atoms with Crippen molar-refractivity contribution < 1.29 is 14.4 Å². The topological polar surface area (TPSA) is 228 Å². The van der Waals surface area contributed by atoms with Crippen molar-refractivity contribution in [2.24, 2.45) is 27.9 Å². The number of carbonyl (C=O) groups is 3. The number of urea groups is 3. The lowest BCUT2D eigenvalue weighted by atomic mass is 10.1. The maximum absolute atomic E-state index is 11.7. The Morgan fingerprint density at radius 2 is 1.46 bits per heavy atom. The van der Waals surface area contributed by atoms with Crippen LogP contribution in [-0.2, 0) is 0 Å². The van der Waals surface area contributed by atoms with Gasteiger partial charge in [0.05, 0.1) is 0 Å². The van der Waals surface area contributed by atoms with Gasteiger partial charge in [-0.15, -0.1) is 0 Å². The molecule has 0 aliphatic carbocycles. The summed E-state index contributed by atoms with van der Waals surface area (Å²) in [5.74, 6) is -0.00719. The van der Waals surface area contributed by atoms with Gasteiger partial charge < -0.3 is 49.5 Å². The van der Waals surface area contributed by atoms with Crippen LogP contribution in [0.25, 0.3) is 0 Å². The minimum atomic E-state index is -0.688. The predicted octanol–water partition coefficient (Wildman–Crippen LogP) is -3.37. The summed E-state index contributed by atoms with van der Waals surface area (Å²) in [6.07, 6.45) is 1.14. The van der Waals surface area contributed by atoms with E-state index in [1.807, 2.05) is 0 Å². The number of hydrogen-bond acceptors (Lipinski definition) is 5. The second kappa shape index (κ2) is 14.4. The molecule has 1 unspecified atom stereocenters. The zero-order chi connectivity index (χ0) is 19.8. The van der Waals surface area contributed by atoms with Gasteiger partial charge in [0.1, 0.15) is 0 Å². The fourth-order valence-electron chi connectivity index (χ4n) is 1.85. The Balaban J connectivity index is 3.98. The van der Waals surface area contributed by atoms with Crippen LogP contribution in [0.4, 0.5) is 14.4 Å². The molecule has 0 radical (unpaired) electrons. The number of aliphatic imine (C=N–C) groups is 1. The molecular formula is C13H30N10O3. The highest BCUT2D eigenvalue weighted by Gasteiger charge is 2.11. The molecule has 26 heavy (non-hydrogen) atoms. The lowest BCUT2D eigenvalue weighted by Gasteiger charge is -2.18. The molecule has 0 saturated carbocycles. The van der Waals surface area contributed by atoms with E-state index in [9.17, 15) is 14.4 Å². The van der Waals surface area contributed by atoms with Crippen molar-refractivity contribution >= 4 is 24.1 Å². The van der Waals surface area contributed by atoms with E-state index in [4.69, 9.17) is 22.9 Å². The summed E-state index contributed by atoms with van der Waals surface area (Å²) >= 11 is 0. The Morgan fingerprint density at radius 1 is 0.885 bits per heavy atom. The second-order valence-electron chi connectivity index (χ2n) is 5.26. The van der Waals surface area contributed by atoms with Crippen LogP contribution >= 0.6 is 0 Å². The third-order valence-electron chi connectivity index (χ3n) is 2.99. The van der Waals surface area contributed by atoms with Gasteiger partial charge in [-0.3, -0.25) is 4.99 Å². The van der Waals surface area contributed by atoms with E-state index in [-0.39, 0.29) is 37.7 Å². The molecule has 13 heteroatoms. The van der Waals surface area contributed by atoms with Gasteiger partial charge in [0.15, 0.2) is 5.96 Å². The number of nitrogens with two attached hydrogens (primary N) is 4. The van der Waals surface area contributed by atoms with Gasteiger partial charge in [-0.2, -0.15) is 0 Å². The monoisotopic (exact) mass is 374 g/mol. The molecule has 0 spiro atoms. The van der Waals surface area contributed by atoms with E-state index >= 15 is 0 Å². The maximum Gasteiger partial charge on any atom is 0.314 e. The number of primary amides is 1. The van der Waals surface area contributed by atoms with Crippen LogP contribution in [0.3, 0.4) is 0 Å². The van der Waals surface area contributed by atoms with Crippen LogP contribution in [-0.4, -0.2) is 69.4 Å². The molecule has 6 amide bonds. The van der Waals surface area contributed by atoms with Crippen molar-refractivity contribution in [2.45, 2.75) is 18.9 Å². The Labute approximate surface area is 152 Å². The summed E-state index contributed by atoms with van der Waals surface area (Å²) in [5, 5.41) is 12.8. The summed E-state index contributed by atoms with van der Waals surface area (Å²) < 4.78 is 0. The summed E-state index contributed by atoms with van der Waals surface area (Å²) in [4.78, 5) is 37.8. The zero-order valence-electron chi connectivity index (χ0n) is 14.7. The Bertz CT molecular complexity index is 467. The van der Waals surface area contributed by atoms with Crippen LogP contribution in [0.5, 0.6) is 0 Å². The van der Waals surface area contributed by atoms with Gasteiger partial charge >= 0.3 is 18.1 Å². The van der Waals surface area contributed by atoms with Crippen molar-refractivity contribution in [1.82, 2.24) is 26.6 Å². The first-order valence-electron chi connectivity index (χ1n) is 8.20. The number of amides is 6. The van der Waals surface area contributed by atoms with Crippen molar-refractivity contribution in [3.63, 3.8) is 0 Å². The molecule has 0 fully saturated rings. The van der Waals surface area contributed by atoms with Crippen LogP contribution in [0.15, 0.2) is 4.99 Å². The molecule has 13 nitrogen and oxygen atoms in total. The highest BCUT2D eigenvalue weighted by molar-refractivity contribution is 5.76. The average molecular weight is 374 g/mol. The lowest BCUT2D eigenvalue weighted by Crippen LogP contribution is -2.49. The third kappa shape index (κ3) is 14.6. The number of rotatable bonds is 12. The molecule has 150 valence electrons. The van der Waals surface area contributed by atoms with E-state index in [0.29, 0.717) is 32.5 Å². The van der Waals surface area contributed by atoms with Gasteiger partial charge in [0.25, 0.3) is 0 Å². The van der Waals surface area contributed by atoms with Crippen molar-refractivity contribution in [1.29, 1.82) is 0 Å². The first-order chi connectivity index (χ1) is 12.3. The number of nitrogens with zero attached hydrogens (tertiary/aromatic N) is 1. The number of hydrogen-bond donors (Lipinski definition) is 9. The molecule has 0 aliphatic heterocycles. The Hall–Kier alpha value is -2.96. The first kappa shape index (κ1) is 23.0. The number of nitrogens with one attached hydrogen (secondary N) is 5. The predicted molar refractivity (Wildman–Crippen MR) is 98.3 cm³/mol. The van der Waals surface area contributed by atoms with E-state index in [2.05, 4.69) is 31.6 Å². The van der Waals surface area contributed by atoms with E-state index in [1.165, 1.54) is 0 Å². The Morgan fingerprint density at radius 3 is 2.00 bits per heavy atom. The van der Waals surface area contributed by atoms with Gasteiger partial charge in [-0.1, -0.05) is 0 Å². The highest BCUT2D eigenvalue weighted by Crippen LogP contribution is 1.97. The SMILES string of the molecule is NCCNC(=O)NCCNC(=O)NCC(CCCN=C(N)N)NC(N)=O. The van der Waals surface area contributed by atoms with Gasteiger partial charge in [0, 0.05) is 45.3 Å². The minimum Gasteiger partial charge on any atom is -0.370 e. The van der Waals surface area contributed by atoms with Gasteiger partial charge in [-0.05, 0) is 12.8 Å². The van der Waals surface area contributed by atoms with E-state index in [1.54, 1.807) is 0 Å². The Kier molecular flexibility index (Phi) is 12.8. The van der Waals surface area contributed by atoms with Crippen molar-refractivity contribution in [3.8, 4) is 0 Å². The first-order valence-corrected chi connectivity index (χ1v) is 8.20.